The van der Waals surface area contributed by atoms with Crippen molar-refractivity contribution >= 4 is 5.78 Å². The number of hydrogen-bond acceptors (Lipinski definition) is 1. The number of carbonyl (C=O) groups is 1. The molecule has 0 aromatic rings. The number of ketones is 1. The van der Waals surface area contributed by atoms with Crippen molar-refractivity contribution in [1.29, 1.82) is 0 Å². The molecule has 2 aliphatic rings. The summed E-state index contributed by atoms with van der Waals surface area (Å²) in [5, 5.41) is 0. The van der Waals surface area contributed by atoms with Crippen molar-refractivity contribution in [2.24, 2.45) is 5.41 Å². The first kappa shape index (κ1) is 7.78. The highest BCUT2D eigenvalue weighted by Gasteiger charge is 2.39. The van der Waals surface area contributed by atoms with E-state index in [9.17, 15) is 4.79 Å². The third kappa shape index (κ3) is 0.961. The molecule has 0 saturated heterocycles. The fourth-order valence-corrected chi connectivity index (χ4v) is 2.14. The van der Waals surface area contributed by atoms with Crippen molar-refractivity contribution in [3.05, 3.63) is 23.8 Å². The summed E-state index contributed by atoms with van der Waals surface area (Å²) >= 11 is 0. The molecule has 0 bridgehead atoms. The van der Waals surface area contributed by atoms with Crippen LogP contribution < -0.4 is 0 Å². The molecular formula is C11H14O. The lowest BCUT2D eigenvalue weighted by molar-refractivity contribution is -0.124. The van der Waals surface area contributed by atoms with E-state index in [0.29, 0.717) is 12.2 Å². The van der Waals surface area contributed by atoms with Crippen LogP contribution in [-0.2, 0) is 4.79 Å². The maximum atomic E-state index is 11.6. The molecule has 0 aromatic heterocycles. The Balaban J connectivity index is 2.35. The van der Waals surface area contributed by atoms with E-state index in [-0.39, 0.29) is 5.41 Å². The summed E-state index contributed by atoms with van der Waals surface area (Å²) in [6, 6.07) is 0. The third-order valence-electron chi connectivity index (χ3n) is 3.13. The van der Waals surface area contributed by atoms with E-state index < -0.39 is 0 Å². The molecule has 0 fully saturated rings. The van der Waals surface area contributed by atoms with Crippen LogP contribution in [0.25, 0.3) is 0 Å². The maximum Gasteiger partial charge on any atom is 0.146 e. The molecule has 0 radical (unpaired) electrons. The molecule has 2 aliphatic carbocycles. The zero-order chi connectivity index (χ0) is 8.60. The molecule has 64 valence electrons. The summed E-state index contributed by atoms with van der Waals surface area (Å²) in [6.45, 7) is 2.09. The van der Waals surface area contributed by atoms with Crippen LogP contribution in [-0.4, -0.2) is 5.78 Å². The standard InChI is InChI=1S/C11H14O/c1-11-8-4-2-3-5-9(11)6-7-10(11)12/h2,4,6H,3,5,7-8H2,1H3. The average Bonchev–Trinajstić information content (AvgIpc) is 2.24. The summed E-state index contributed by atoms with van der Waals surface area (Å²) in [5.74, 6) is 0.407. The number of hydrogen-bond donors (Lipinski definition) is 0. The number of Topliss-reactive ketones (excluding diaryl/α,β-unsaturated/α-hetero) is 1. The Morgan fingerprint density at radius 3 is 3.08 bits per heavy atom. The van der Waals surface area contributed by atoms with Crippen LogP contribution in [0, 0.1) is 5.41 Å². The van der Waals surface area contributed by atoms with Crippen molar-refractivity contribution in [2.45, 2.75) is 32.6 Å². The summed E-state index contributed by atoms with van der Waals surface area (Å²) in [4.78, 5) is 11.6. The highest BCUT2D eigenvalue weighted by molar-refractivity contribution is 5.92. The van der Waals surface area contributed by atoms with Crippen LogP contribution in [0.5, 0.6) is 0 Å². The normalized spacial score (nSPS) is 34.4. The molecular weight excluding hydrogens is 148 g/mol. The molecule has 1 nitrogen and oxygen atoms in total. The molecule has 0 heterocycles. The SMILES string of the molecule is CC12CC=CCCC1=CCC2=O. The van der Waals surface area contributed by atoms with Crippen molar-refractivity contribution in [1.82, 2.24) is 0 Å². The second-order valence-corrected chi connectivity index (χ2v) is 3.90. The number of rotatable bonds is 0. The van der Waals surface area contributed by atoms with E-state index >= 15 is 0 Å². The van der Waals surface area contributed by atoms with Gasteiger partial charge in [0.15, 0.2) is 0 Å². The van der Waals surface area contributed by atoms with Gasteiger partial charge in [-0.15, -0.1) is 0 Å². The fourth-order valence-electron chi connectivity index (χ4n) is 2.14. The zero-order valence-electron chi connectivity index (χ0n) is 7.47. The lowest BCUT2D eigenvalue weighted by Gasteiger charge is -2.23. The second-order valence-electron chi connectivity index (χ2n) is 3.90. The van der Waals surface area contributed by atoms with Crippen LogP contribution in [0.1, 0.15) is 32.6 Å². The Kier molecular flexibility index (Phi) is 1.67. The predicted molar refractivity (Wildman–Crippen MR) is 48.8 cm³/mol. The van der Waals surface area contributed by atoms with Crippen molar-refractivity contribution in [2.75, 3.05) is 0 Å². The van der Waals surface area contributed by atoms with Gasteiger partial charge in [-0.25, -0.2) is 0 Å². The van der Waals surface area contributed by atoms with E-state index in [1.165, 1.54) is 5.57 Å². The van der Waals surface area contributed by atoms with E-state index in [4.69, 9.17) is 0 Å². The maximum absolute atomic E-state index is 11.6. The molecule has 0 saturated carbocycles. The Bertz CT molecular complexity index is 273. The minimum absolute atomic E-state index is 0.132. The van der Waals surface area contributed by atoms with Crippen molar-refractivity contribution in [3.8, 4) is 0 Å². The lowest BCUT2D eigenvalue weighted by Crippen LogP contribution is -2.23. The Morgan fingerprint density at radius 2 is 2.25 bits per heavy atom. The summed E-state index contributed by atoms with van der Waals surface area (Å²) < 4.78 is 0. The molecule has 1 unspecified atom stereocenters. The number of fused-ring (bicyclic) bond motifs is 1. The highest BCUT2D eigenvalue weighted by Crippen LogP contribution is 2.42. The minimum Gasteiger partial charge on any atom is -0.298 e. The quantitative estimate of drug-likeness (QED) is 0.500. The molecule has 0 amide bonds. The fraction of sp³-hybridized carbons (Fsp3) is 0.545. The molecule has 0 N–H and O–H groups in total. The smallest absolute Gasteiger partial charge is 0.146 e. The van der Waals surface area contributed by atoms with Gasteiger partial charge in [-0.05, 0) is 26.2 Å². The molecule has 0 aromatic carbocycles. The predicted octanol–water partition coefficient (Wildman–Crippen LogP) is 2.63. The molecule has 12 heavy (non-hydrogen) atoms. The monoisotopic (exact) mass is 162 g/mol. The second kappa shape index (κ2) is 2.58. The number of carbonyl (C=O) groups excluding carboxylic acids is 1. The van der Waals surface area contributed by atoms with E-state index in [1.807, 2.05) is 0 Å². The average molecular weight is 162 g/mol. The first-order valence-corrected chi connectivity index (χ1v) is 4.61. The van der Waals surface area contributed by atoms with Gasteiger partial charge in [0, 0.05) is 6.42 Å². The summed E-state index contributed by atoms with van der Waals surface area (Å²) in [5.41, 5.74) is 1.24. The van der Waals surface area contributed by atoms with Gasteiger partial charge in [-0.3, -0.25) is 4.79 Å². The molecule has 2 rings (SSSR count). The van der Waals surface area contributed by atoms with Crippen LogP contribution in [0.2, 0.25) is 0 Å². The Labute approximate surface area is 73.2 Å². The van der Waals surface area contributed by atoms with Gasteiger partial charge in [0.25, 0.3) is 0 Å². The van der Waals surface area contributed by atoms with Gasteiger partial charge in [-0.1, -0.05) is 23.8 Å². The lowest BCUT2D eigenvalue weighted by atomic mass is 9.79. The Hall–Kier alpha value is -0.850. The van der Waals surface area contributed by atoms with Crippen molar-refractivity contribution in [3.63, 3.8) is 0 Å². The molecule has 1 atom stereocenters. The first-order valence-electron chi connectivity index (χ1n) is 4.61. The van der Waals surface area contributed by atoms with Crippen LogP contribution in [0.3, 0.4) is 0 Å². The van der Waals surface area contributed by atoms with Crippen LogP contribution in [0.4, 0.5) is 0 Å². The zero-order valence-corrected chi connectivity index (χ0v) is 7.47. The summed E-state index contributed by atoms with van der Waals surface area (Å²) in [6.07, 6.45) is 10.3. The van der Waals surface area contributed by atoms with Gasteiger partial charge in [0.05, 0.1) is 5.41 Å². The van der Waals surface area contributed by atoms with E-state index in [1.54, 1.807) is 0 Å². The first-order chi connectivity index (χ1) is 5.73. The summed E-state index contributed by atoms with van der Waals surface area (Å²) in [7, 11) is 0. The van der Waals surface area contributed by atoms with Gasteiger partial charge in [-0.2, -0.15) is 0 Å². The number of allylic oxidation sites excluding steroid dienone is 4. The van der Waals surface area contributed by atoms with Gasteiger partial charge in [0.1, 0.15) is 5.78 Å². The molecule has 0 aliphatic heterocycles. The Morgan fingerprint density at radius 1 is 1.42 bits per heavy atom. The molecule has 1 heteroatoms. The van der Waals surface area contributed by atoms with Gasteiger partial charge < -0.3 is 0 Å². The minimum atomic E-state index is -0.132. The third-order valence-corrected chi connectivity index (χ3v) is 3.13. The largest absolute Gasteiger partial charge is 0.298 e. The van der Waals surface area contributed by atoms with Crippen LogP contribution >= 0.6 is 0 Å². The van der Waals surface area contributed by atoms with Crippen LogP contribution in [0.15, 0.2) is 23.8 Å². The van der Waals surface area contributed by atoms with E-state index in [2.05, 4.69) is 25.2 Å². The topological polar surface area (TPSA) is 17.1 Å². The van der Waals surface area contributed by atoms with E-state index in [0.717, 1.165) is 19.3 Å². The highest BCUT2D eigenvalue weighted by atomic mass is 16.1. The molecule has 0 spiro atoms. The van der Waals surface area contributed by atoms with Gasteiger partial charge in [0.2, 0.25) is 0 Å². The van der Waals surface area contributed by atoms with Gasteiger partial charge >= 0.3 is 0 Å². The van der Waals surface area contributed by atoms with Crippen molar-refractivity contribution < 1.29 is 4.79 Å².